The molecule has 0 radical (unpaired) electrons. The minimum absolute atomic E-state index is 0.121. The molecule has 15 heavy (non-hydrogen) atoms. The van der Waals surface area contributed by atoms with Crippen LogP contribution in [0.5, 0.6) is 0 Å². The van der Waals surface area contributed by atoms with Crippen molar-refractivity contribution in [2.24, 2.45) is 0 Å². The second-order valence-corrected chi connectivity index (χ2v) is 5.37. The molecule has 4 nitrogen and oxygen atoms in total. The quantitative estimate of drug-likeness (QED) is 0.617. The summed E-state index contributed by atoms with van der Waals surface area (Å²) in [7, 11) is 0. The van der Waals surface area contributed by atoms with E-state index < -0.39 is 0 Å². The SMILES string of the molecule is CC(C)(C)NC(=O)N[C@@H]1CCC[C@H](O)C1. The van der Waals surface area contributed by atoms with Crippen LogP contribution in [0.2, 0.25) is 0 Å². The van der Waals surface area contributed by atoms with Gasteiger partial charge in [-0.25, -0.2) is 4.79 Å². The summed E-state index contributed by atoms with van der Waals surface area (Å²) in [6, 6.07) is -0.0160. The summed E-state index contributed by atoms with van der Waals surface area (Å²) in [5.74, 6) is 0. The normalized spacial score (nSPS) is 27.2. The van der Waals surface area contributed by atoms with Gasteiger partial charge in [0.25, 0.3) is 0 Å². The molecule has 1 saturated carbocycles. The highest BCUT2D eigenvalue weighted by Gasteiger charge is 2.22. The van der Waals surface area contributed by atoms with Crippen LogP contribution >= 0.6 is 0 Å². The van der Waals surface area contributed by atoms with Gasteiger partial charge < -0.3 is 15.7 Å². The molecule has 0 bridgehead atoms. The third-order valence-electron chi connectivity index (χ3n) is 2.47. The van der Waals surface area contributed by atoms with Crippen molar-refractivity contribution in [3.8, 4) is 0 Å². The van der Waals surface area contributed by atoms with Crippen molar-refractivity contribution >= 4 is 6.03 Å². The molecule has 0 aromatic rings. The van der Waals surface area contributed by atoms with Crippen molar-refractivity contribution in [2.75, 3.05) is 0 Å². The van der Waals surface area contributed by atoms with Gasteiger partial charge in [-0.3, -0.25) is 0 Å². The Labute approximate surface area is 91.4 Å². The van der Waals surface area contributed by atoms with E-state index in [0.29, 0.717) is 6.42 Å². The van der Waals surface area contributed by atoms with Crippen molar-refractivity contribution in [1.29, 1.82) is 0 Å². The van der Waals surface area contributed by atoms with E-state index in [4.69, 9.17) is 0 Å². The van der Waals surface area contributed by atoms with E-state index >= 15 is 0 Å². The molecule has 2 atom stereocenters. The van der Waals surface area contributed by atoms with Gasteiger partial charge in [-0.2, -0.15) is 0 Å². The van der Waals surface area contributed by atoms with Crippen LogP contribution in [0.3, 0.4) is 0 Å². The molecule has 0 heterocycles. The van der Waals surface area contributed by atoms with Crippen molar-refractivity contribution in [2.45, 2.75) is 64.1 Å². The molecule has 0 unspecified atom stereocenters. The molecule has 0 spiro atoms. The van der Waals surface area contributed by atoms with E-state index in [1.54, 1.807) is 0 Å². The first-order chi connectivity index (χ1) is 6.87. The Hall–Kier alpha value is -0.770. The van der Waals surface area contributed by atoms with Crippen LogP contribution in [0.1, 0.15) is 46.5 Å². The average molecular weight is 214 g/mol. The van der Waals surface area contributed by atoms with Gasteiger partial charge >= 0.3 is 6.03 Å². The van der Waals surface area contributed by atoms with E-state index in [-0.39, 0.29) is 23.7 Å². The Morgan fingerprint density at radius 3 is 2.53 bits per heavy atom. The van der Waals surface area contributed by atoms with Crippen molar-refractivity contribution < 1.29 is 9.90 Å². The predicted octanol–water partition coefficient (Wildman–Crippen LogP) is 1.39. The molecule has 2 amide bonds. The first-order valence-corrected chi connectivity index (χ1v) is 5.63. The van der Waals surface area contributed by atoms with Gasteiger partial charge in [0, 0.05) is 11.6 Å². The van der Waals surface area contributed by atoms with Gasteiger partial charge in [0.15, 0.2) is 0 Å². The summed E-state index contributed by atoms with van der Waals surface area (Å²) >= 11 is 0. The van der Waals surface area contributed by atoms with Crippen LogP contribution in [-0.4, -0.2) is 28.8 Å². The lowest BCUT2D eigenvalue weighted by Gasteiger charge is -2.28. The number of amides is 2. The maximum atomic E-state index is 11.5. The highest BCUT2D eigenvalue weighted by molar-refractivity contribution is 5.74. The summed E-state index contributed by atoms with van der Waals surface area (Å²) in [5.41, 5.74) is -0.211. The molecule has 1 aliphatic carbocycles. The third kappa shape index (κ3) is 5.02. The highest BCUT2D eigenvalue weighted by atomic mass is 16.3. The Balaban J connectivity index is 2.31. The van der Waals surface area contributed by atoms with Crippen molar-refractivity contribution in [3.05, 3.63) is 0 Å². The standard InChI is InChI=1S/C11H22N2O2/c1-11(2,3)13-10(15)12-8-5-4-6-9(14)7-8/h8-9,14H,4-7H2,1-3H3,(H2,12,13,15)/t8-,9+/m1/s1. The zero-order valence-corrected chi connectivity index (χ0v) is 9.84. The number of hydrogen-bond acceptors (Lipinski definition) is 2. The predicted molar refractivity (Wildman–Crippen MR) is 59.7 cm³/mol. The van der Waals surface area contributed by atoms with Gasteiger partial charge in [0.2, 0.25) is 0 Å². The van der Waals surface area contributed by atoms with Crippen molar-refractivity contribution in [1.82, 2.24) is 10.6 Å². The number of carbonyl (C=O) groups is 1. The summed E-state index contributed by atoms with van der Waals surface area (Å²) in [4.78, 5) is 11.5. The highest BCUT2D eigenvalue weighted by Crippen LogP contribution is 2.18. The molecule has 0 aromatic heterocycles. The molecule has 0 aliphatic heterocycles. The molecule has 1 rings (SSSR count). The fourth-order valence-corrected chi connectivity index (χ4v) is 1.86. The molecule has 88 valence electrons. The summed E-state index contributed by atoms with van der Waals surface area (Å²) in [5, 5.41) is 15.2. The molecule has 1 fully saturated rings. The maximum Gasteiger partial charge on any atom is 0.315 e. The fraction of sp³-hybridized carbons (Fsp3) is 0.909. The van der Waals surface area contributed by atoms with Crippen LogP contribution in [-0.2, 0) is 0 Å². The summed E-state index contributed by atoms with van der Waals surface area (Å²) in [6.45, 7) is 5.84. The minimum atomic E-state index is -0.251. The van der Waals surface area contributed by atoms with Gasteiger partial charge in [-0.15, -0.1) is 0 Å². The summed E-state index contributed by atoms with van der Waals surface area (Å²) in [6.07, 6.45) is 3.24. The van der Waals surface area contributed by atoms with Crippen LogP contribution < -0.4 is 10.6 Å². The van der Waals surface area contributed by atoms with Crippen molar-refractivity contribution in [3.63, 3.8) is 0 Å². The number of urea groups is 1. The van der Waals surface area contributed by atoms with Crippen LogP contribution in [0.25, 0.3) is 0 Å². The second-order valence-electron chi connectivity index (χ2n) is 5.37. The zero-order valence-electron chi connectivity index (χ0n) is 9.84. The monoisotopic (exact) mass is 214 g/mol. The van der Waals surface area contributed by atoms with E-state index in [1.807, 2.05) is 20.8 Å². The topological polar surface area (TPSA) is 61.4 Å². The maximum absolute atomic E-state index is 11.5. The van der Waals surface area contributed by atoms with Crippen LogP contribution in [0.4, 0.5) is 4.79 Å². The fourth-order valence-electron chi connectivity index (χ4n) is 1.86. The van der Waals surface area contributed by atoms with E-state index in [1.165, 1.54) is 0 Å². The number of carbonyl (C=O) groups excluding carboxylic acids is 1. The Kier molecular flexibility index (Phi) is 3.97. The summed E-state index contributed by atoms with van der Waals surface area (Å²) < 4.78 is 0. The Morgan fingerprint density at radius 2 is 2.00 bits per heavy atom. The Morgan fingerprint density at radius 1 is 1.33 bits per heavy atom. The first-order valence-electron chi connectivity index (χ1n) is 5.63. The second kappa shape index (κ2) is 4.84. The molecule has 3 N–H and O–H groups in total. The lowest BCUT2D eigenvalue weighted by atomic mass is 9.93. The lowest BCUT2D eigenvalue weighted by molar-refractivity contribution is 0.113. The number of rotatable bonds is 1. The molecular formula is C11H22N2O2. The van der Waals surface area contributed by atoms with Gasteiger partial charge in [-0.05, 0) is 46.5 Å². The minimum Gasteiger partial charge on any atom is -0.393 e. The molecule has 0 aromatic carbocycles. The molecular weight excluding hydrogens is 192 g/mol. The molecule has 0 saturated heterocycles. The number of nitrogens with one attached hydrogen (secondary N) is 2. The number of aliphatic hydroxyl groups excluding tert-OH is 1. The largest absolute Gasteiger partial charge is 0.393 e. The smallest absolute Gasteiger partial charge is 0.315 e. The average Bonchev–Trinajstić information content (AvgIpc) is 1.99. The number of hydrogen-bond donors (Lipinski definition) is 3. The van der Waals surface area contributed by atoms with E-state index in [0.717, 1.165) is 19.3 Å². The van der Waals surface area contributed by atoms with Gasteiger partial charge in [0.05, 0.1) is 6.10 Å². The number of aliphatic hydroxyl groups is 1. The third-order valence-corrected chi connectivity index (χ3v) is 2.47. The first kappa shape index (κ1) is 12.3. The lowest BCUT2D eigenvalue weighted by Crippen LogP contribution is -2.50. The zero-order chi connectivity index (χ0) is 11.5. The van der Waals surface area contributed by atoms with Gasteiger partial charge in [0.1, 0.15) is 0 Å². The van der Waals surface area contributed by atoms with Gasteiger partial charge in [-0.1, -0.05) is 0 Å². The molecule has 4 heteroatoms. The van der Waals surface area contributed by atoms with E-state index in [2.05, 4.69) is 10.6 Å². The molecule has 1 aliphatic rings. The van der Waals surface area contributed by atoms with E-state index in [9.17, 15) is 9.90 Å². The van der Waals surface area contributed by atoms with Crippen LogP contribution in [0, 0.1) is 0 Å². The van der Waals surface area contributed by atoms with Crippen LogP contribution in [0.15, 0.2) is 0 Å². The Bertz CT molecular complexity index is 223.